The predicted octanol–water partition coefficient (Wildman–Crippen LogP) is 2.78. The normalized spacial score (nSPS) is 15.0. The largest absolute Gasteiger partial charge is 0.454 e. The number of benzene rings is 2. The summed E-state index contributed by atoms with van der Waals surface area (Å²) >= 11 is 0. The Kier molecular flexibility index (Phi) is 4.32. The Morgan fingerprint density at radius 2 is 1.46 bits per heavy atom. The quantitative estimate of drug-likeness (QED) is 0.825. The molecule has 136 valence electrons. The number of rotatable bonds is 5. The lowest BCUT2D eigenvalue weighted by molar-refractivity contribution is -0.130. The van der Waals surface area contributed by atoms with Crippen molar-refractivity contribution >= 4 is 5.91 Å². The van der Waals surface area contributed by atoms with Gasteiger partial charge in [0.25, 0.3) is 0 Å². The molecule has 1 unspecified atom stereocenters. The minimum absolute atomic E-state index is 0.0666. The number of likely N-dealkylation sites (N-methyl/N-ethyl adjacent to an activating group) is 1. The van der Waals surface area contributed by atoms with Crippen molar-refractivity contribution in [2.75, 3.05) is 20.6 Å². The van der Waals surface area contributed by atoms with Crippen LogP contribution < -0.4 is 18.9 Å². The van der Waals surface area contributed by atoms with Gasteiger partial charge in [-0.3, -0.25) is 4.79 Å². The van der Waals surface area contributed by atoms with Gasteiger partial charge in [0.15, 0.2) is 23.0 Å². The number of ether oxygens (including phenoxy) is 4. The van der Waals surface area contributed by atoms with Crippen LogP contribution in [0.25, 0.3) is 0 Å². The third-order valence-electron chi connectivity index (χ3n) is 4.81. The second-order valence-corrected chi connectivity index (χ2v) is 6.61. The van der Waals surface area contributed by atoms with Gasteiger partial charge in [-0.15, -0.1) is 0 Å². The summed E-state index contributed by atoms with van der Waals surface area (Å²) in [7, 11) is 1.84. The van der Waals surface area contributed by atoms with Gasteiger partial charge in [-0.05, 0) is 48.7 Å². The van der Waals surface area contributed by atoms with Crippen LogP contribution in [0.2, 0.25) is 0 Å². The van der Waals surface area contributed by atoms with E-state index in [1.54, 1.807) is 4.90 Å². The van der Waals surface area contributed by atoms with E-state index >= 15 is 0 Å². The van der Waals surface area contributed by atoms with E-state index in [4.69, 9.17) is 18.9 Å². The molecular weight excluding hydrogens is 334 g/mol. The van der Waals surface area contributed by atoms with Gasteiger partial charge in [-0.25, -0.2) is 0 Å². The molecule has 0 saturated heterocycles. The second kappa shape index (κ2) is 6.78. The van der Waals surface area contributed by atoms with E-state index in [1.165, 1.54) is 0 Å². The summed E-state index contributed by atoms with van der Waals surface area (Å²) in [4.78, 5) is 14.4. The van der Waals surface area contributed by atoms with Crippen LogP contribution in [-0.2, 0) is 17.6 Å². The van der Waals surface area contributed by atoms with Crippen molar-refractivity contribution in [1.29, 1.82) is 0 Å². The van der Waals surface area contributed by atoms with Crippen LogP contribution in [0.5, 0.6) is 23.0 Å². The molecule has 2 aromatic carbocycles. The van der Waals surface area contributed by atoms with E-state index in [1.807, 2.05) is 50.4 Å². The summed E-state index contributed by atoms with van der Waals surface area (Å²) in [6.07, 6.45) is 1.08. The molecule has 2 heterocycles. The van der Waals surface area contributed by atoms with Crippen molar-refractivity contribution in [2.45, 2.75) is 25.8 Å². The van der Waals surface area contributed by atoms with Crippen molar-refractivity contribution in [2.24, 2.45) is 0 Å². The molecule has 6 heteroatoms. The molecule has 0 N–H and O–H groups in total. The molecule has 1 amide bonds. The van der Waals surface area contributed by atoms with Gasteiger partial charge in [-0.1, -0.05) is 12.1 Å². The molecular formula is C20H21NO5. The van der Waals surface area contributed by atoms with Gasteiger partial charge in [-0.2, -0.15) is 0 Å². The number of hydrogen-bond donors (Lipinski definition) is 0. The maximum atomic E-state index is 12.6. The SMILES string of the molecule is CC(Cc1ccc2c(c1)OCO2)N(C)C(=O)Cc1ccc2c(c1)OCO2. The first-order valence-electron chi connectivity index (χ1n) is 8.63. The summed E-state index contributed by atoms with van der Waals surface area (Å²) in [5, 5.41) is 0. The molecule has 26 heavy (non-hydrogen) atoms. The topological polar surface area (TPSA) is 57.2 Å². The lowest BCUT2D eigenvalue weighted by Crippen LogP contribution is -2.37. The van der Waals surface area contributed by atoms with Crippen LogP contribution in [0.3, 0.4) is 0 Å². The number of nitrogens with zero attached hydrogens (tertiary/aromatic N) is 1. The molecule has 1 atom stereocenters. The van der Waals surface area contributed by atoms with E-state index in [0.717, 1.165) is 34.8 Å². The zero-order valence-corrected chi connectivity index (χ0v) is 14.9. The number of hydrogen-bond acceptors (Lipinski definition) is 5. The van der Waals surface area contributed by atoms with E-state index < -0.39 is 0 Å². The minimum atomic E-state index is 0.0666. The molecule has 0 spiro atoms. The molecule has 0 aromatic heterocycles. The Morgan fingerprint density at radius 1 is 0.923 bits per heavy atom. The zero-order chi connectivity index (χ0) is 18.1. The third-order valence-corrected chi connectivity index (χ3v) is 4.81. The molecule has 0 aliphatic carbocycles. The minimum Gasteiger partial charge on any atom is -0.454 e. The van der Waals surface area contributed by atoms with E-state index in [-0.39, 0.29) is 25.5 Å². The summed E-state index contributed by atoms with van der Waals surface area (Å²) in [6.45, 7) is 2.55. The summed E-state index contributed by atoms with van der Waals surface area (Å²) < 4.78 is 21.4. The van der Waals surface area contributed by atoms with Crippen molar-refractivity contribution < 1.29 is 23.7 Å². The average Bonchev–Trinajstić information content (AvgIpc) is 3.28. The Bertz CT molecular complexity index is 835. The molecule has 6 nitrogen and oxygen atoms in total. The standard InChI is InChI=1S/C20H21NO5/c1-13(7-14-3-5-16-18(8-14)25-11-23-16)21(2)20(22)10-15-4-6-17-19(9-15)26-12-24-17/h3-6,8-9,13H,7,10-12H2,1-2H3. The summed E-state index contributed by atoms with van der Waals surface area (Å²) in [6, 6.07) is 11.6. The first-order chi connectivity index (χ1) is 12.6. The van der Waals surface area contributed by atoms with E-state index in [9.17, 15) is 4.79 Å². The highest BCUT2D eigenvalue weighted by molar-refractivity contribution is 5.79. The van der Waals surface area contributed by atoms with Gasteiger partial charge >= 0.3 is 0 Å². The number of carbonyl (C=O) groups excluding carboxylic acids is 1. The van der Waals surface area contributed by atoms with Crippen molar-refractivity contribution in [3.8, 4) is 23.0 Å². The fourth-order valence-electron chi connectivity index (χ4n) is 3.14. The van der Waals surface area contributed by atoms with E-state index in [0.29, 0.717) is 12.2 Å². The van der Waals surface area contributed by atoms with Gasteiger partial charge in [0.1, 0.15) is 0 Å². The fraction of sp³-hybridized carbons (Fsp3) is 0.350. The molecule has 0 bridgehead atoms. The van der Waals surface area contributed by atoms with Crippen LogP contribution in [-0.4, -0.2) is 37.5 Å². The molecule has 0 fully saturated rings. The number of carbonyl (C=O) groups is 1. The lowest BCUT2D eigenvalue weighted by Gasteiger charge is -2.25. The van der Waals surface area contributed by atoms with Crippen LogP contribution in [0.15, 0.2) is 36.4 Å². The first-order valence-corrected chi connectivity index (χ1v) is 8.63. The van der Waals surface area contributed by atoms with Crippen molar-refractivity contribution in [1.82, 2.24) is 4.90 Å². The van der Waals surface area contributed by atoms with Gasteiger partial charge < -0.3 is 23.8 Å². The molecule has 0 radical (unpaired) electrons. The fourth-order valence-corrected chi connectivity index (χ4v) is 3.14. The summed E-state index contributed by atoms with van der Waals surface area (Å²) in [5.41, 5.74) is 2.03. The van der Waals surface area contributed by atoms with Crippen LogP contribution >= 0.6 is 0 Å². The maximum Gasteiger partial charge on any atom is 0.231 e. The highest BCUT2D eigenvalue weighted by Gasteiger charge is 2.20. The van der Waals surface area contributed by atoms with Gasteiger partial charge in [0.05, 0.1) is 6.42 Å². The number of fused-ring (bicyclic) bond motifs is 2. The average molecular weight is 355 g/mol. The Morgan fingerprint density at radius 3 is 2.12 bits per heavy atom. The first kappa shape index (κ1) is 16.6. The van der Waals surface area contributed by atoms with Gasteiger partial charge in [0, 0.05) is 13.1 Å². The Labute approximate surface area is 152 Å². The maximum absolute atomic E-state index is 12.6. The van der Waals surface area contributed by atoms with Crippen molar-refractivity contribution in [3.63, 3.8) is 0 Å². The van der Waals surface area contributed by atoms with Crippen LogP contribution in [0.1, 0.15) is 18.1 Å². The molecule has 0 saturated carbocycles. The molecule has 2 aromatic rings. The van der Waals surface area contributed by atoms with Crippen LogP contribution in [0.4, 0.5) is 0 Å². The molecule has 2 aliphatic rings. The second-order valence-electron chi connectivity index (χ2n) is 6.61. The third kappa shape index (κ3) is 3.27. The molecule has 2 aliphatic heterocycles. The zero-order valence-electron chi connectivity index (χ0n) is 14.9. The lowest BCUT2D eigenvalue weighted by atomic mass is 10.0. The number of amides is 1. The van der Waals surface area contributed by atoms with E-state index in [2.05, 4.69) is 0 Å². The smallest absolute Gasteiger partial charge is 0.231 e. The summed E-state index contributed by atoms with van der Waals surface area (Å²) in [5.74, 6) is 3.03. The van der Waals surface area contributed by atoms with Crippen molar-refractivity contribution in [3.05, 3.63) is 47.5 Å². The van der Waals surface area contributed by atoms with Gasteiger partial charge in [0.2, 0.25) is 19.5 Å². The monoisotopic (exact) mass is 355 g/mol. The van der Waals surface area contributed by atoms with Crippen LogP contribution in [0, 0.1) is 0 Å². The highest BCUT2D eigenvalue weighted by Crippen LogP contribution is 2.34. The Balaban J connectivity index is 1.38. The molecule has 4 rings (SSSR count). The Hall–Kier alpha value is -2.89. The highest BCUT2D eigenvalue weighted by atomic mass is 16.7. The predicted molar refractivity (Wildman–Crippen MR) is 94.8 cm³/mol.